The van der Waals surface area contributed by atoms with Crippen LogP contribution < -0.4 is 11.1 Å². The number of primary amides is 1. The number of rotatable bonds is 3. The van der Waals surface area contributed by atoms with E-state index in [-0.39, 0.29) is 30.4 Å². The summed E-state index contributed by atoms with van der Waals surface area (Å²) in [7, 11) is 0. The first-order chi connectivity index (χ1) is 11.3. The van der Waals surface area contributed by atoms with Crippen molar-refractivity contribution in [2.24, 2.45) is 5.73 Å². The van der Waals surface area contributed by atoms with E-state index in [9.17, 15) is 24.0 Å². The van der Waals surface area contributed by atoms with Crippen molar-refractivity contribution in [2.45, 2.75) is 25.3 Å². The molecule has 2 heterocycles. The molecule has 3 N–H and O–H groups in total. The second-order valence-corrected chi connectivity index (χ2v) is 6.39. The molecule has 1 unspecified atom stereocenters. The smallest absolute Gasteiger partial charge is 0.262 e. The number of nitrogens with zero attached hydrogens (tertiary/aromatic N) is 1. The van der Waals surface area contributed by atoms with E-state index in [0.717, 1.165) is 4.90 Å². The maximum atomic E-state index is 12.8. The molecule has 2 aliphatic heterocycles. The molecule has 1 atom stereocenters. The van der Waals surface area contributed by atoms with E-state index < -0.39 is 35.6 Å². The predicted molar refractivity (Wildman–Crippen MR) is 83.7 cm³/mol. The van der Waals surface area contributed by atoms with Crippen LogP contribution in [-0.2, 0) is 20.8 Å². The fraction of sp³-hybridized carbons (Fsp3) is 0.267. The van der Waals surface area contributed by atoms with Gasteiger partial charge in [0.05, 0.1) is 17.5 Å². The van der Waals surface area contributed by atoms with Gasteiger partial charge in [-0.1, -0.05) is 15.9 Å². The van der Waals surface area contributed by atoms with Gasteiger partial charge in [-0.05, 0) is 24.1 Å². The molecule has 0 aliphatic carbocycles. The van der Waals surface area contributed by atoms with Crippen LogP contribution in [0.1, 0.15) is 39.1 Å². The Hall–Kier alpha value is -2.55. The van der Waals surface area contributed by atoms with E-state index in [1.165, 1.54) is 6.07 Å². The molecule has 0 spiro atoms. The number of carbonyl (C=O) groups is 5. The van der Waals surface area contributed by atoms with Gasteiger partial charge < -0.3 is 5.73 Å². The van der Waals surface area contributed by atoms with Crippen LogP contribution in [0.5, 0.6) is 0 Å². The first-order valence-electron chi connectivity index (χ1n) is 7.12. The van der Waals surface area contributed by atoms with Crippen LogP contribution in [0.4, 0.5) is 0 Å². The van der Waals surface area contributed by atoms with Crippen LogP contribution in [0.25, 0.3) is 0 Å². The average Bonchev–Trinajstić information content (AvgIpc) is 2.74. The normalized spacial score (nSPS) is 20.2. The number of hydrogen-bond acceptors (Lipinski definition) is 5. The molecule has 2 aliphatic rings. The Morgan fingerprint density at radius 2 is 1.96 bits per heavy atom. The number of carbonyl (C=O) groups excluding carboxylic acids is 5. The summed E-state index contributed by atoms with van der Waals surface area (Å²) in [5.74, 6) is -3.06. The van der Waals surface area contributed by atoms with Gasteiger partial charge in [-0.25, -0.2) is 0 Å². The standard InChI is InChI=1S/C15H12BrN3O5/c16-8-2-1-6-12(7(8)5-10(17)20)15(24)19(14(6)23)9-3-4-11(21)18-13(9)22/h1-2,9H,3-5H2,(H2,17,20)(H,18,21,22). The van der Waals surface area contributed by atoms with Crippen LogP contribution >= 0.6 is 15.9 Å². The molecule has 0 aromatic heterocycles. The molecule has 1 fully saturated rings. The molecule has 5 amide bonds. The fourth-order valence-electron chi connectivity index (χ4n) is 2.95. The summed E-state index contributed by atoms with van der Waals surface area (Å²) in [6.45, 7) is 0. The van der Waals surface area contributed by atoms with Gasteiger partial charge in [-0.2, -0.15) is 0 Å². The number of halogens is 1. The fourth-order valence-corrected chi connectivity index (χ4v) is 3.42. The van der Waals surface area contributed by atoms with E-state index in [0.29, 0.717) is 10.0 Å². The monoisotopic (exact) mass is 393 g/mol. The van der Waals surface area contributed by atoms with Gasteiger partial charge in [0, 0.05) is 10.9 Å². The van der Waals surface area contributed by atoms with Crippen molar-refractivity contribution in [1.29, 1.82) is 0 Å². The number of amides is 5. The highest BCUT2D eigenvalue weighted by Crippen LogP contribution is 2.33. The number of nitrogens with two attached hydrogens (primary N) is 1. The second-order valence-electron chi connectivity index (χ2n) is 5.54. The summed E-state index contributed by atoms with van der Waals surface area (Å²) in [5.41, 5.74) is 5.71. The van der Waals surface area contributed by atoms with Crippen molar-refractivity contribution in [2.75, 3.05) is 0 Å². The van der Waals surface area contributed by atoms with Crippen molar-refractivity contribution in [3.63, 3.8) is 0 Å². The molecule has 9 heteroatoms. The molecule has 1 aromatic rings. The van der Waals surface area contributed by atoms with Crippen LogP contribution in [-0.4, -0.2) is 40.5 Å². The number of nitrogens with one attached hydrogen (secondary N) is 1. The van der Waals surface area contributed by atoms with Crippen molar-refractivity contribution < 1.29 is 24.0 Å². The van der Waals surface area contributed by atoms with Crippen LogP contribution in [0.2, 0.25) is 0 Å². The Kier molecular flexibility index (Phi) is 3.96. The van der Waals surface area contributed by atoms with Crippen molar-refractivity contribution in [1.82, 2.24) is 10.2 Å². The minimum atomic E-state index is -1.05. The van der Waals surface area contributed by atoms with Gasteiger partial charge in [-0.3, -0.25) is 34.2 Å². The van der Waals surface area contributed by atoms with Crippen molar-refractivity contribution in [3.05, 3.63) is 33.3 Å². The molecule has 0 bridgehead atoms. The van der Waals surface area contributed by atoms with Gasteiger partial charge in [0.15, 0.2) is 0 Å². The molecular formula is C15H12BrN3O5. The zero-order chi connectivity index (χ0) is 17.6. The van der Waals surface area contributed by atoms with Gasteiger partial charge in [0.25, 0.3) is 11.8 Å². The number of imide groups is 2. The van der Waals surface area contributed by atoms with Gasteiger partial charge in [0.1, 0.15) is 6.04 Å². The Morgan fingerprint density at radius 1 is 1.25 bits per heavy atom. The number of piperidine rings is 1. The van der Waals surface area contributed by atoms with E-state index >= 15 is 0 Å². The molecule has 8 nitrogen and oxygen atoms in total. The maximum absolute atomic E-state index is 12.8. The first-order valence-corrected chi connectivity index (χ1v) is 7.91. The van der Waals surface area contributed by atoms with E-state index in [4.69, 9.17) is 5.73 Å². The third-order valence-electron chi connectivity index (χ3n) is 4.01. The van der Waals surface area contributed by atoms with Crippen LogP contribution in [0.15, 0.2) is 16.6 Å². The third kappa shape index (κ3) is 2.50. The molecule has 3 rings (SSSR count). The van der Waals surface area contributed by atoms with Crippen molar-refractivity contribution in [3.8, 4) is 0 Å². The molecule has 0 radical (unpaired) electrons. The Labute approximate surface area is 144 Å². The summed E-state index contributed by atoms with van der Waals surface area (Å²) in [5, 5.41) is 2.12. The minimum absolute atomic E-state index is 0.0433. The number of benzene rings is 1. The molecule has 1 aromatic carbocycles. The van der Waals surface area contributed by atoms with Crippen LogP contribution in [0, 0.1) is 0 Å². The lowest BCUT2D eigenvalue weighted by atomic mass is 10.00. The zero-order valence-corrected chi connectivity index (χ0v) is 13.9. The van der Waals surface area contributed by atoms with E-state index in [1.807, 2.05) is 0 Å². The van der Waals surface area contributed by atoms with Gasteiger partial charge >= 0.3 is 0 Å². The SMILES string of the molecule is NC(=O)Cc1c(Br)ccc2c1C(=O)N(C1CCC(=O)NC1=O)C2=O. The van der Waals surface area contributed by atoms with E-state index in [2.05, 4.69) is 21.2 Å². The minimum Gasteiger partial charge on any atom is -0.369 e. The van der Waals surface area contributed by atoms with E-state index in [1.54, 1.807) is 6.07 Å². The zero-order valence-electron chi connectivity index (χ0n) is 12.3. The summed E-state index contributed by atoms with van der Waals surface area (Å²) >= 11 is 3.25. The largest absolute Gasteiger partial charge is 0.369 e. The summed E-state index contributed by atoms with van der Waals surface area (Å²) < 4.78 is 0.478. The Bertz CT molecular complexity index is 820. The Balaban J connectivity index is 2.04. The van der Waals surface area contributed by atoms with Gasteiger partial charge in [-0.15, -0.1) is 0 Å². The average molecular weight is 394 g/mol. The highest BCUT2D eigenvalue weighted by atomic mass is 79.9. The second kappa shape index (κ2) is 5.82. The number of hydrogen-bond donors (Lipinski definition) is 2. The lowest BCUT2D eigenvalue weighted by molar-refractivity contribution is -0.136. The molecule has 1 saturated heterocycles. The lowest BCUT2D eigenvalue weighted by Crippen LogP contribution is -2.54. The first kappa shape index (κ1) is 16.3. The maximum Gasteiger partial charge on any atom is 0.262 e. The molecule has 24 heavy (non-hydrogen) atoms. The topological polar surface area (TPSA) is 127 Å². The predicted octanol–water partition coefficient (Wildman–Crippen LogP) is -0.122. The van der Waals surface area contributed by atoms with Gasteiger partial charge in [0.2, 0.25) is 17.7 Å². The highest BCUT2D eigenvalue weighted by Gasteiger charge is 2.45. The molecular weight excluding hydrogens is 382 g/mol. The summed E-state index contributed by atoms with van der Waals surface area (Å²) in [6.07, 6.45) is -0.101. The highest BCUT2D eigenvalue weighted by molar-refractivity contribution is 9.10. The molecule has 124 valence electrons. The van der Waals surface area contributed by atoms with Crippen molar-refractivity contribution >= 4 is 45.5 Å². The summed E-state index contributed by atoms with van der Waals surface area (Å²) in [6, 6.07) is 1.96. The number of fused-ring (bicyclic) bond motifs is 1. The molecule has 0 saturated carbocycles. The summed E-state index contributed by atoms with van der Waals surface area (Å²) in [4.78, 5) is 60.7. The Morgan fingerprint density at radius 3 is 2.58 bits per heavy atom. The van der Waals surface area contributed by atoms with Crippen LogP contribution in [0.3, 0.4) is 0 Å². The third-order valence-corrected chi connectivity index (χ3v) is 4.75. The lowest BCUT2D eigenvalue weighted by Gasteiger charge is -2.27. The quantitative estimate of drug-likeness (QED) is 0.691.